The number of nitrogens with zero attached hydrogens (tertiary/aromatic N) is 3. The van der Waals surface area contributed by atoms with Crippen molar-refractivity contribution < 1.29 is 4.39 Å². The Bertz CT molecular complexity index is 775. The van der Waals surface area contributed by atoms with Gasteiger partial charge >= 0.3 is 0 Å². The van der Waals surface area contributed by atoms with Crippen LogP contribution in [0.3, 0.4) is 0 Å². The average molecular weight is 290 g/mol. The normalized spacial score (nSPS) is 11.4. The molecule has 6 heteroatoms. The summed E-state index contributed by atoms with van der Waals surface area (Å²) in [5.41, 5.74) is 8.17. The Labute approximate surface area is 120 Å². The van der Waals surface area contributed by atoms with Gasteiger partial charge in [0.1, 0.15) is 10.8 Å². The van der Waals surface area contributed by atoms with Crippen molar-refractivity contribution in [3.8, 4) is 10.7 Å². The first-order valence-electron chi connectivity index (χ1n) is 6.46. The lowest BCUT2D eigenvalue weighted by atomic mass is 10.3. The molecule has 0 aliphatic rings. The summed E-state index contributed by atoms with van der Waals surface area (Å²) >= 11 is 1.55. The number of aromatic nitrogens is 3. The van der Waals surface area contributed by atoms with Gasteiger partial charge in [0.15, 0.2) is 5.82 Å². The molecule has 0 atom stereocenters. The van der Waals surface area contributed by atoms with Gasteiger partial charge in [0.05, 0.1) is 21.6 Å². The van der Waals surface area contributed by atoms with Crippen LogP contribution in [0.2, 0.25) is 0 Å². The average Bonchev–Trinajstić information content (AvgIpc) is 2.97. The first-order chi connectivity index (χ1) is 9.63. The van der Waals surface area contributed by atoms with E-state index in [4.69, 9.17) is 5.73 Å². The molecule has 0 bridgehead atoms. The fourth-order valence-corrected chi connectivity index (χ4v) is 3.29. The summed E-state index contributed by atoms with van der Waals surface area (Å²) in [7, 11) is 0. The number of hydrogen-bond donors (Lipinski definition) is 1. The van der Waals surface area contributed by atoms with E-state index in [0.717, 1.165) is 33.5 Å². The molecule has 1 aromatic carbocycles. The van der Waals surface area contributed by atoms with Crippen molar-refractivity contribution in [3.63, 3.8) is 0 Å². The summed E-state index contributed by atoms with van der Waals surface area (Å²) in [5.74, 6) is 0.566. The van der Waals surface area contributed by atoms with E-state index in [9.17, 15) is 4.39 Å². The third-order valence-electron chi connectivity index (χ3n) is 3.25. The Morgan fingerprint density at radius 1 is 1.35 bits per heavy atom. The zero-order chi connectivity index (χ0) is 14.3. The second-order valence-corrected chi connectivity index (χ2v) is 5.62. The van der Waals surface area contributed by atoms with E-state index in [1.54, 1.807) is 17.4 Å². The third kappa shape index (κ3) is 2.01. The highest BCUT2D eigenvalue weighted by molar-refractivity contribution is 7.15. The molecule has 0 saturated carbocycles. The van der Waals surface area contributed by atoms with Gasteiger partial charge in [0.25, 0.3) is 0 Å². The molecule has 3 aromatic rings. The molecule has 2 N–H and O–H groups in total. The van der Waals surface area contributed by atoms with Crippen LogP contribution in [-0.2, 0) is 13.1 Å². The topological polar surface area (TPSA) is 56.7 Å². The molecule has 0 unspecified atom stereocenters. The lowest BCUT2D eigenvalue weighted by Crippen LogP contribution is -1.97. The number of imidazole rings is 1. The number of benzene rings is 1. The molecule has 0 saturated heterocycles. The molecule has 104 valence electrons. The van der Waals surface area contributed by atoms with Gasteiger partial charge < -0.3 is 10.3 Å². The summed E-state index contributed by atoms with van der Waals surface area (Å²) in [5, 5.41) is 0.887. The van der Waals surface area contributed by atoms with Crippen molar-refractivity contribution in [2.75, 3.05) is 0 Å². The Morgan fingerprint density at radius 3 is 2.80 bits per heavy atom. The van der Waals surface area contributed by atoms with Gasteiger partial charge in [0, 0.05) is 19.2 Å². The molecule has 0 radical (unpaired) electrons. The molecule has 0 aliphatic carbocycles. The molecule has 0 spiro atoms. The zero-order valence-electron chi connectivity index (χ0n) is 11.4. The Hall–Kier alpha value is -1.79. The first-order valence-corrected chi connectivity index (χ1v) is 7.28. The highest BCUT2D eigenvalue weighted by atomic mass is 32.1. The fourth-order valence-electron chi connectivity index (χ4n) is 2.34. The van der Waals surface area contributed by atoms with Crippen LogP contribution in [0.4, 0.5) is 4.39 Å². The summed E-state index contributed by atoms with van der Waals surface area (Å²) in [6, 6.07) is 4.70. The predicted molar refractivity (Wildman–Crippen MR) is 79.1 cm³/mol. The summed E-state index contributed by atoms with van der Waals surface area (Å²) in [4.78, 5) is 10.0. The second-order valence-electron chi connectivity index (χ2n) is 4.54. The zero-order valence-corrected chi connectivity index (χ0v) is 12.2. The van der Waals surface area contributed by atoms with Crippen molar-refractivity contribution in [1.82, 2.24) is 14.5 Å². The van der Waals surface area contributed by atoms with E-state index in [-0.39, 0.29) is 5.82 Å². The van der Waals surface area contributed by atoms with Crippen molar-refractivity contribution in [2.45, 2.75) is 26.9 Å². The van der Waals surface area contributed by atoms with E-state index < -0.39 is 0 Å². The third-order valence-corrected chi connectivity index (χ3v) is 4.42. The van der Waals surface area contributed by atoms with Crippen molar-refractivity contribution >= 4 is 22.4 Å². The van der Waals surface area contributed by atoms with Crippen LogP contribution in [0.5, 0.6) is 0 Å². The maximum Gasteiger partial charge on any atom is 0.153 e. The van der Waals surface area contributed by atoms with Crippen LogP contribution in [0.25, 0.3) is 21.7 Å². The van der Waals surface area contributed by atoms with Crippen LogP contribution in [0.15, 0.2) is 18.2 Å². The molecule has 3 rings (SSSR count). The first kappa shape index (κ1) is 13.2. The molecule has 4 nitrogen and oxygen atoms in total. The molecular weight excluding hydrogens is 275 g/mol. The van der Waals surface area contributed by atoms with Crippen LogP contribution in [0, 0.1) is 12.7 Å². The van der Waals surface area contributed by atoms with Crippen molar-refractivity contribution in [2.24, 2.45) is 5.73 Å². The SMILES string of the molecule is CCn1c(-c2sc(CN)nc2C)nc2cc(F)ccc21. The van der Waals surface area contributed by atoms with Gasteiger partial charge in [0.2, 0.25) is 0 Å². The van der Waals surface area contributed by atoms with Gasteiger partial charge in [-0.3, -0.25) is 0 Å². The minimum absolute atomic E-state index is 0.270. The largest absolute Gasteiger partial charge is 0.325 e. The number of rotatable bonds is 3. The van der Waals surface area contributed by atoms with Crippen molar-refractivity contribution in [3.05, 3.63) is 34.7 Å². The monoisotopic (exact) mass is 290 g/mol. The molecule has 0 aliphatic heterocycles. The standard InChI is InChI=1S/C14H15FN4S/c1-3-19-11-5-4-9(15)6-10(11)18-14(19)13-8(2)17-12(7-16)20-13/h4-6H,3,7,16H2,1-2H3. The summed E-state index contributed by atoms with van der Waals surface area (Å²) < 4.78 is 15.4. The van der Waals surface area contributed by atoms with Crippen LogP contribution >= 0.6 is 11.3 Å². The molecule has 0 amide bonds. The predicted octanol–water partition coefficient (Wildman–Crippen LogP) is 3.09. The number of aryl methyl sites for hydroxylation is 2. The number of halogens is 1. The van der Waals surface area contributed by atoms with Gasteiger partial charge in [-0.2, -0.15) is 0 Å². The Morgan fingerprint density at radius 2 is 2.15 bits per heavy atom. The maximum atomic E-state index is 13.3. The van der Waals surface area contributed by atoms with Gasteiger partial charge in [-0.15, -0.1) is 11.3 Å². The summed E-state index contributed by atoms with van der Waals surface area (Å²) in [6.45, 7) is 5.19. The van der Waals surface area contributed by atoms with E-state index >= 15 is 0 Å². The molecular formula is C14H15FN4S. The second kappa shape index (κ2) is 4.96. The smallest absolute Gasteiger partial charge is 0.153 e. The number of nitrogens with two attached hydrogens (primary N) is 1. The van der Waals surface area contributed by atoms with E-state index in [2.05, 4.69) is 14.5 Å². The highest BCUT2D eigenvalue weighted by Crippen LogP contribution is 2.32. The number of thiazole rings is 1. The van der Waals surface area contributed by atoms with E-state index in [0.29, 0.717) is 12.1 Å². The number of fused-ring (bicyclic) bond motifs is 1. The minimum atomic E-state index is -0.270. The molecule has 2 heterocycles. The van der Waals surface area contributed by atoms with E-state index in [1.807, 2.05) is 13.8 Å². The van der Waals surface area contributed by atoms with Gasteiger partial charge in [-0.1, -0.05) is 0 Å². The minimum Gasteiger partial charge on any atom is -0.325 e. The summed E-state index contributed by atoms with van der Waals surface area (Å²) in [6.07, 6.45) is 0. The Balaban J connectivity index is 2.26. The lowest BCUT2D eigenvalue weighted by Gasteiger charge is -2.04. The van der Waals surface area contributed by atoms with Crippen molar-refractivity contribution in [1.29, 1.82) is 0 Å². The molecule has 0 fully saturated rings. The highest BCUT2D eigenvalue weighted by Gasteiger charge is 2.17. The molecule has 20 heavy (non-hydrogen) atoms. The van der Waals surface area contributed by atoms with Crippen LogP contribution < -0.4 is 5.73 Å². The van der Waals surface area contributed by atoms with Gasteiger partial charge in [-0.25, -0.2) is 14.4 Å². The van der Waals surface area contributed by atoms with E-state index in [1.165, 1.54) is 12.1 Å². The van der Waals surface area contributed by atoms with Crippen LogP contribution in [-0.4, -0.2) is 14.5 Å². The quantitative estimate of drug-likeness (QED) is 0.806. The van der Waals surface area contributed by atoms with Gasteiger partial charge in [-0.05, 0) is 26.0 Å². The fraction of sp³-hybridized carbons (Fsp3) is 0.286. The maximum absolute atomic E-state index is 13.3. The van der Waals surface area contributed by atoms with Crippen LogP contribution in [0.1, 0.15) is 17.6 Å². The Kier molecular flexibility index (Phi) is 3.27. The molecule has 2 aromatic heterocycles. The number of hydrogen-bond acceptors (Lipinski definition) is 4. The lowest BCUT2D eigenvalue weighted by molar-refractivity contribution is 0.629.